The number of aromatic nitrogens is 3. The van der Waals surface area contributed by atoms with E-state index < -0.39 is 0 Å². The van der Waals surface area contributed by atoms with Gasteiger partial charge in [-0.25, -0.2) is 4.98 Å². The van der Waals surface area contributed by atoms with Crippen molar-refractivity contribution in [2.45, 2.75) is 0 Å². The number of hydrogen-bond acceptors (Lipinski definition) is 7. The number of ether oxygens (including phenoxy) is 3. The molecule has 0 saturated carbocycles. The van der Waals surface area contributed by atoms with E-state index in [-0.39, 0.29) is 12.7 Å². The Morgan fingerprint density at radius 3 is 2.87 bits per heavy atom. The van der Waals surface area contributed by atoms with Crippen molar-refractivity contribution >= 4 is 23.1 Å². The van der Waals surface area contributed by atoms with Crippen LogP contribution in [0.2, 0.25) is 0 Å². The number of nitrogens with zero attached hydrogens (tertiary/aromatic N) is 3. The van der Waals surface area contributed by atoms with E-state index in [1.807, 2.05) is 23.6 Å². The maximum Gasteiger partial charge on any atom is 0.256 e. The minimum absolute atomic E-state index is 0.235. The Balaban J connectivity index is 1.37. The van der Waals surface area contributed by atoms with Gasteiger partial charge in [-0.05, 0) is 36.4 Å². The molecule has 9 heteroatoms. The van der Waals surface area contributed by atoms with Gasteiger partial charge in [0.2, 0.25) is 6.79 Å². The molecular weight excluding hydrogens is 416 g/mol. The van der Waals surface area contributed by atoms with E-state index >= 15 is 0 Å². The molecule has 0 unspecified atom stereocenters. The molecule has 0 spiro atoms. The summed E-state index contributed by atoms with van der Waals surface area (Å²) >= 11 is 1.48. The van der Waals surface area contributed by atoms with Crippen LogP contribution in [0, 0.1) is 0 Å². The smallest absolute Gasteiger partial charge is 0.256 e. The van der Waals surface area contributed by atoms with Crippen molar-refractivity contribution in [3.63, 3.8) is 0 Å². The third-order valence-electron chi connectivity index (χ3n) is 4.84. The summed E-state index contributed by atoms with van der Waals surface area (Å²) in [6.07, 6.45) is 0. The maximum atomic E-state index is 12.6. The van der Waals surface area contributed by atoms with Gasteiger partial charge in [0.05, 0.1) is 12.8 Å². The normalized spacial score (nSPS) is 12.1. The Kier molecular flexibility index (Phi) is 4.79. The van der Waals surface area contributed by atoms with Gasteiger partial charge in [0.1, 0.15) is 22.3 Å². The summed E-state index contributed by atoms with van der Waals surface area (Å²) < 4.78 is 17.6. The molecule has 31 heavy (non-hydrogen) atoms. The van der Waals surface area contributed by atoms with E-state index in [2.05, 4.69) is 10.4 Å². The Morgan fingerprint density at radius 1 is 1.13 bits per heavy atom. The van der Waals surface area contributed by atoms with Crippen molar-refractivity contribution in [3.8, 4) is 39.2 Å². The van der Waals surface area contributed by atoms with E-state index in [4.69, 9.17) is 19.2 Å². The minimum Gasteiger partial charge on any atom is -0.497 e. The Hall–Kier alpha value is -3.85. The highest BCUT2D eigenvalue weighted by Gasteiger charge is 2.17. The number of rotatable bonds is 5. The zero-order valence-corrected chi connectivity index (χ0v) is 17.6. The number of thiazole rings is 1. The summed E-state index contributed by atoms with van der Waals surface area (Å²) in [7, 11) is 3.34. The maximum absolute atomic E-state index is 12.6. The molecular formula is C22H18N4O4S. The molecule has 4 aromatic rings. The summed E-state index contributed by atoms with van der Waals surface area (Å²) in [6.45, 7) is 0.235. The van der Waals surface area contributed by atoms with Crippen LogP contribution in [0.15, 0.2) is 53.9 Å². The second-order valence-electron chi connectivity index (χ2n) is 6.83. The molecule has 2 aromatic heterocycles. The molecule has 1 amide bonds. The highest BCUT2D eigenvalue weighted by atomic mass is 32.1. The first-order chi connectivity index (χ1) is 15.1. The first kappa shape index (κ1) is 19.1. The van der Waals surface area contributed by atoms with E-state index in [0.29, 0.717) is 28.6 Å². The number of carbonyl (C=O) groups is 1. The average Bonchev–Trinajstić information content (AvgIpc) is 3.53. The van der Waals surface area contributed by atoms with Crippen molar-refractivity contribution < 1.29 is 19.0 Å². The minimum atomic E-state index is -0.242. The quantitative estimate of drug-likeness (QED) is 0.507. The number of fused-ring (bicyclic) bond motifs is 1. The zero-order chi connectivity index (χ0) is 21.4. The fourth-order valence-electron chi connectivity index (χ4n) is 3.22. The number of aryl methyl sites for hydroxylation is 1. The van der Waals surface area contributed by atoms with Gasteiger partial charge in [0.25, 0.3) is 5.91 Å². The number of nitrogens with one attached hydrogen (secondary N) is 1. The van der Waals surface area contributed by atoms with Gasteiger partial charge >= 0.3 is 0 Å². The lowest BCUT2D eigenvalue weighted by Gasteiger charge is -2.06. The van der Waals surface area contributed by atoms with Gasteiger partial charge < -0.3 is 19.5 Å². The highest BCUT2D eigenvalue weighted by molar-refractivity contribution is 7.13. The SMILES string of the molecule is COc1cccc(C(=O)Nc2cc(-c3nc(-c4ccc5c(c4)OCO5)cs3)nn2C)c1. The van der Waals surface area contributed by atoms with Gasteiger partial charge in [-0.2, -0.15) is 5.10 Å². The van der Waals surface area contributed by atoms with Crippen LogP contribution >= 0.6 is 11.3 Å². The van der Waals surface area contributed by atoms with Crippen LogP contribution < -0.4 is 19.5 Å². The molecule has 5 rings (SSSR count). The molecule has 0 aliphatic carbocycles. The lowest BCUT2D eigenvalue weighted by molar-refractivity contribution is 0.102. The molecule has 0 saturated heterocycles. The second kappa shape index (κ2) is 7.77. The zero-order valence-electron chi connectivity index (χ0n) is 16.8. The topological polar surface area (TPSA) is 87.5 Å². The molecule has 0 fully saturated rings. The number of methoxy groups -OCH3 is 1. The number of hydrogen-bond donors (Lipinski definition) is 1. The second-order valence-corrected chi connectivity index (χ2v) is 7.69. The summed E-state index contributed by atoms with van der Waals surface area (Å²) in [4.78, 5) is 17.3. The molecule has 2 aromatic carbocycles. The van der Waals surface area contributed by atoms with Gasteiger partial charge in [-0.15, -0.1) is 11.3 Å². The molecule has 0 atom stereocenters. The van der Waals surface area contributed by atoms with Crippen molar-refractivity contribution in [1.82, 2.24) is 14.8 Å². The number of anilines is 1. The number of amides is 1. The average molecular weight is 434 g/mol. The van der Waals surface area contributed by atoms with Crippen molar-refractivity contribution in [3.05, 3.63) is 59.5 Å². The van der Waals surface area contributed by atoms with Crippen LogP contribution in [0.5, 0.6) is 17.2 Å². The summed E-state index contributed by atoms with van der Waals surface area (Å²) in [5.41, 5.74) is 2.95. The molecule has 0 bridgehead atoms. The Labute approximate surface area is 182 Å². The third-order valence-corrected chi connectivity index (χ3v) is 5.71. The standard InChI is InChI=1S/C22H18N4O4S/c1-26-20(24-21(27)14-4-3-5-15(8-14)28-2)10-16(25-26)22-23-17(11-31-22)13-6-7-18-19(9-13)30-12-29-18/h3-11H,12H2,1-2H3,(H,24,27). The fourth-order valence-corrected chi connectivity index (χ4v) is 4.00. The van der Waals surface area contributed by atoms with Gasteiger partial charge in [-0.1, -0.05) is 6.07 Å². The summed E-state index contributed by atoms with van der Waals surface area (Å²) in [5.74, 6) is 2.40. The Morgan fingerprint density at radius 2 is 2.00 bits per heavy atom. The van der Waals surface area contributed by atoms with E-state index in [1.165, 1.54) is 11.3 Å². The van der Waals surface area contributed by atoms with E-state index in [1.54, 1.807) is 49.2 Å². The third kappa shape index (κ3) is 3.71. The highest BCUT2D eigenvalue weighted by Crippen LogP contribution is 2.37. The first-order valence-corrected chi connectivity index (χ1v) is 10.3. The molecule has 8 nitrogen and oxygen atoms in total. The lowest BCUT2D eigenvalue weighted by Crippen LogP contribution is -2.14. The van der Waals surface area contributed by atoms with Crippen LogP contribution in [0.4, 0.5) is 5.82 Å². The van der Waals surface area contributed by atoms with Crippen LogP contribution in [0.1, 0.15) is 10.4 Å². The molecule has 1 aliphatic heterocycles. The molecule has 3 heterocycles. The van der Waals surface area contributed by atoms with Gasteiger partial charge in [0.15, 0.2) is 11.5 Å². The van der Waals surface area contributed by atoms with Gasteiger partial charge in [-0.3, -0.25) is 9.48 Å². The summed E-state index contributed by atoms with van der Waals surface area (Å²) in [6, 6.07) is 14.5. The van der Waals surface area contributed by atoms with Crippen LogP contribution in [0.3, 0.4) is 0 Å². The summed E-state index contributed by atoms with van der Waals surface area (Å²) in [5, 5.41) is 10.1. The van der Waals surface area contributed by atoms with Crippen LogP contribution in [-0.2, 0) is 7.05 Å². The van der Waals surface area contributed by atoms with Gasteiger partial charge in [0, 0.05) is 29.6 Å². The monoisotopic (exact) mass is 434 g/mol. The first-order valence-electron chi connectivity index (χ1n) is 9.46. The fraction of sp³-hybridized carbons (Fsp3) is 0.136. The van der Waals surface area contributed by atoms with Crippen LogP contribution in [-0.4, -0.2) is 34.6 Å². The number of carbonyl (C=O) groups excluding carboxylic acids is 1. The molecule has 156 valence electrons. The lowest BCUT2D eigenvalue weighted by atomic mass is 10.1. The molecule has 0 radical (unpaired) electrons. The predicted molar refractivity (Wildman–Crippen MR) is 117 cm³/mol. The predicted octanol–water partition coefficient (Wildman–Crippen LogP) is 4.20. The number of benzene rings is 2. The Bertz CT molecular complexity index is 1280. The van der Waals surface area contributed by atoms with Crippen molar-refractivity contribution in [2.24, 2.45) is 7.05 Å². The van der Waals surface area contributed by atoms with E-state index in [0.717, 1.165) is 22.0 Å². The molecule has 1 aliphatic rings. The van der Waals surface area contributed by atoms with Crippen molar-refractivity contribution in [2.75, 3.05) is 19.2 Å². The van der Waals surface area contributed by atoms with E-state index in [9.17, 15) is 4.79 Å². The van der Waals surface area contributed by atoms with Crippen molar-refractivity contribution in [1.29, 1.82) is 0 Å². The van der Waals surface area contributed by atoms with Crippen LogP contribution in [0.25, 0.3) is 22.0 Å². The largest absolute Gasteiger partial charge is 0.497 e. The molecule has 1 N–H and O–H groups in total.